The van der Waals surface area contributed by atoms with Crippen LogP contribution in [0.25, 0.3) is 0 Å². The number of halogens is 1. The van der Waals surface area contributed by atoms with E-state index in [1.54, 1.807) is 6.92 Å². The first-order chi connectivity index (χ1) is 9.52. The van der Waals surface area contributed by atoms with Crippen molar-refractivity contribution >= 4 is 29.3 Å². The molecule has 1 aromatic rings. The van der Waals surface area contributed by atoms with E-state index in [0.29, 0.717) is 22.0 Å². The highest BCUT2D eigenvalue weighted by molar-refractivity contribution is 8.07. The van der Waals surface area contributed by atoms with Crippen LogP contribution in [0.15, 0.2) is 0 Å². The summed E-state index contributed by atoms with van der Waals surface area (Å²) in [5.41, 5.74) is 0.436. The van der Waals surface area contributed by atoms with E-state index in [1.807, 2.05) is 23.5 Å². The molecule has 0 saturated carbocycles. The topological polar surface area (TPSA) is 37.8 Å². The highest BCUT2D eigenvalue weighted by Crippen LogP contribution is 2.43. The van der Waals surface area contributed by atoms with E-state index >= 15 is 0 Å². The minimum Gasteiger partial charge on any atom is -0.368 e. The quantitative estimate of drug-likeness (QED) is 0.907. The van der Waals surface area contributed by atoms with E-state index in [9.17, 15) is 4.39 Å². The molecule has 0 aromatic carbocycles. The van der Waals surface area contributed by atoms with Crippen LogP contribution in [0.2, 0.25) is 0 Å². The molecule has 0 bridgehead atoms. The normalized spacial score (nSPS) is 26.6. The first-order valence-electron chi connectivity index (χ1n) is 7.07. The summed E-state index contributed by atoms with van der Waals surface area (Å²) in [7, 11) is 0. The third kappa shape index (κ3) is 3.58. The number of thioether (sulfide) groups is 2. The summed E-state index contributed by atoms with van der Waals surface area (Å²) in [5, 5.41) is 4.54. The molecule has 1 saturated heterocycles. The Morgan fingerprint density at radius 2 is 2.05 bits per heavy atom. The molecule has 1 aliphatic rings. The SMILES string of the molecule is CCCNc1nc(C2CSC(C)C(C)S2)nc(C)c1F. The Hall–Kier alpha value is -0.490. The third-order valence-electron chi connectivity index (χ3n) is 3.42. The Bertz CT molecular complexity index is 470. The van der Waals surface area contributed by atoms with Gasteiger partial charge in [0.15, 0.2) is 11.6 Å². The van der Waals surface area contributed by atoms with Crippen molar-refractivity contribution in [2.45, 2.75) is 49.9 Å². The lowest BCUT2D eigenvalue weighted by Crippen LogP contribution is -2.23. The van der Waals surface area contributed by atoms with Crippen molar-refractivity contribution in [2.75, 3.05) is 17.6 Å². The zero-order valence-electron chi connectivity index (χ0n) is 12.4. The summed E-state index contributed by atoms with van der Waals surface area (Å²) in [6.45, 7) is 8.98. The van der Waals surface area contributed by atoms with Gasteiger partial charge in [-0.2, -0.15) is 11.8 Å². The zero-order valence-corrected chi connectivity index (χ0v) is 14.1. The molecule has 2 heterocycles. The van der Waals surface area contributed by atoms with Gasteiger partial charge in [0, 0.05) is 22.8 Å². The van der Waals surface area contributed by atoms with E-state index in [2.05, 4.69) is 36.1 Å². The van der Waals surface area contributed by atoms with Crippen LogP contribution in [-0.4, -0.2) is 32.8 Å². The molecular formula is C14H22FN3S2. The summed E-state index contributed by atoms with van der Waals surface area (Å²) in [4.78, 5) is 8.79. The number of aryl methyl sites for hydroxylation is 1. The second kappa shape index (κ2) is 6.98. The van der Waals surface area contributed by atoms with Gasteiger partial charge in [0.2, 0.25) is 0 Å². The van der Waals surface area contributed by atoms with Crippen LogP contribution >= 0.6 is 23.5 Å². The van der Waals surface area contributed by atoms with Crippen LogP contribution in [0.5, 0.6) is 0 Å². The summed E-state index contributed by atoms with van der Waals surface area (Å²) < 4.78 is 14.0. The molecule has 1 aromatic heterocycles. The molecule has 2 rings (SSSR count). The van der Waals surface area contributed by atoms with Gasteiger partial charge >= 0.3 is 0 Å². The van der Waals surface area contributed by atoms with Crippen molar-refractivity contribution in [3.8, 4) is 0 Å². The van der Waals surface area contributed by atoms with E-state index in [0.717, 1.165) is 24.5 Å². The molecule has 0 radical (unpaired) electrons. The molecule has 1 fully saturated rings. The lowest BCUT2D eigenvalue weighted by molar-refractivity contribution is 0.599. The van der Waals surface area contributed by atoms with Crippen LogP contribution in [0.3, 0.4) is 0 Å². The van der Waals surface area contributed by atoms with Crippen molar-refractivity contribution in [2.24, 2.45) is 0 Å². The van der Waals surface area contributed by atoms with Gasteiger partial charge in [-0.05, 0) is 13.3 Å². The van der Waals surface area contributed by atoms with Crippen molar-refractivity contribution in [3.05, 3.63) is 17.3 Å². The van der Waals surface area contributed by atoms with Crippen LogP contribution in [0.4, 0.5) is 10.2 Å². The molecule has 3 nitrogen and oxygen atoms in total. The van der Waals surface area contributed by atoms with Crippen molar-refractivity contribution in [1.82, 2.24) is 9.97 Å². The number of anilines is 1. The highest BCUT2D eigenvalue weighted by Gasteiger charge is 2.29. The third-order valence-corrected chi connectivity index (χ3v) is 6.80. The van der Waals surface area contributed by atoms with Gasteiger partial charge in [0.1, 0.15) is 5.82 Å². The number of rotatable bonds is 4. The highest BCUT2D eigenvalue weighted by atomic mass is 32.2. The number of aromatic nitrogens is 2. The average Bonchev–Trinajstić information content (AvgIpc) is 2.43. The van der Waals surface area contributed by atoms with Crippen LogP contribution in [0, 0.1) is 12.7 Å². The molecule has 3 atom stereocenters. The van der Waals surface area contributed by atoms with E-state index in [-0.39, 0.29) is 11.1 Å². The molecule has 1 aliphatic heterocycles. The lowest BCUT2D eigenvalue weighted by Gasteiger charge is -2.30. The Morgan fingerprint density at radius 3 is 2.70 bits per heavy atom. The summed E-state index contributed by atoms with van der Waals surface area (Å²) in [6.07, 6.45) is 0.945. The van der Waals surface area contributed by atoms with Crippen molar-refractivity contribution in [3.63, 3.8) is 0 Å². The molecule has 6 heteroatoms. The van der Waals surface area contributed by atoms with Gasteiger partial charge in [-0.1, -0.05) is 20.8 Å². The maximum atomic E-state index is 14.0. The predicted octanol–water partition coefficient (Wildman–Crippen LogP) is 4.04. The van der Waals surface area contributed by atoms with E-state index in [1.165, 1.54) is 0 Å². The Balaban J connectivity index is 2.21. The van der Waals surface area contributed by atoms with Crippen molar-refractivity contribution < 1.29 is 4.39 Å². The summed E-state index contributed by atoms with van der Waals surface area (Å²) in [6, 6.07) is 0. The maximum absolute atomic E-state index is 14.0. The van der Waals surface area contributed by atoms with Crippen LogP contribution < -0.4 is 5.32 Å². The van der Waals surface area contributed by atoms with Gasteiger partial charge in [-0.25, -0.2) is 14.4 Å². The fourth-order valence-corrected chi connectivity index (χ4v) is 4.85. The van der Waals surface area contributed by atoms with Gasteiger partial charge < -0.3 is 5.32 Å². The minimum absolute atomic E-state index is 0.257. The Kier molecular flexibility index (Phi) is 5.55. The molecule has 0 amide bonds. The molecule has 0 aliphatic carbocycles. The van der Waals surface area contributed by atoms with Crippen LogP contribution in [0.1, 0.15) is 44.0 Å². The molecular weight excluding hydrogens is 293 g/mol. The first kappa shape index (κ1) is 15.9. The second-order valence-corrected chi connectivity index (χ2v) is 8.12. The smallest absolute Gasteiger partial charge is 0.186 e. The van der Waals surface area contributed by atoms with E-state index in [4.69, 9.17) is 0 Å². The average molecular weight is 315 g/mol. The number of hydrogen-bond donors (Lipinski definition) is 1. The fourth-order valence-electron chi connectivity index (χ4n) is 2.00. The number of nitrogens with zero attached hydrogens (tertiary/aromatic N) is 2. The van der Waals surface area contributed by atoms with Gasteiger partial charge in [-0.15, -0.1) is 11.8 Å². The van der Waals surface area contributed by atoms with Crippen molar-refractivity contribution in [1.29, 1.82) is 0 Å². The fraction of sp³-hybridized carbons (Fsp3) is 0.714. The van der Waals surface area contributed by atoms with Gasteiger partial charge in [0.25, 0.3) is 0 Å². The minimum atomic E-state index is -0.322. The molecule has 3 unspecified atom stereocenters. The second-order valence-electron chi connectivity index (χ2n) is 5.12. The Morgan fingerprint density at radius 1 is 1.30 bits per heavy atom. The predicted molar refractivity (Wildman–Crippen MR) is 87.2 cm³/mol. The summed E-state index contributed by atoms with van der Waals surface area (Å²) in [5.74, 6) is 1.79. The molecule has 20 heavy (non-hydrogen) atoms. The molecule has 0 spiro atoms. The zero-order chi connectivity index (χ0) is 14.7. The number of nitrogens with one attached hydrogen (secondary N) is 1. The molecule has 112 valence electrons. The van der Waals surface area contributed by atoms with Gasteiger partial charge in [0.05, 0.1) is 10.9 Å². The largest absolute Gasteiger partial charge is 0.368 e. The standard InChI is InChI=1S/C14H22FN3S2/c1-5-6-16-14-12(15)8(2)17-13(18-14)11-7-19-9(3)10(4)20-11/h9-11H,5-7H2,1-4H3,(H,16,17,18). The van der Waals surface area contributed by atoms with Gasteiger partial charge in [-0.3, -0.25) is 0 Å². The summed E-state index contributed by atoms with van der Waals surface area (Å²) >= 11 is 3.85. The maximum Gasteiger partial charge on any atom is 0.186 e. The number of hydrogen-bond acceptors (Lipinski definition) is 5. The van der Waals surface area contributed by atoms with E-state index < -0.39 is 0 Å². The monoisotopic (exact) mass is 315 g/mol. The lowest BCUT2D eigenvalue weighted by atomic mass is 10.3. The molecule has 1 N–H and O–H groups in total. The first-order valence-corrected chi connectivity index (χ1v) is 9.07. The van der Waals surface area contributed by atoms with Crippen LogP contribution in [-0.2, 0) is 0 Å². The Labute approximate surface area is 128 Å².